The summed E-state index contributed by atoms with van der Waals surface area (Å²) in [4.78, 5) is 73.1. The van der Waals surface area contributed by atoms with Crippen molar-refractivity contribution in [1.29, 1.82) is 0 Å². The smallest absolute Gasteiger partial charge is 0.462 e. The Morgan fingerprint density at radius 2 is 0.455 bits per heavy atom. The number of carbonyl (C=O) groups excluding carboxylic acids is 4. The number of aliphatic hydroxyl groups excluding tert-OH is 1. The maximum Gasteiger partial charge on any atom is 0.472 e. The number of esters is 4. The van der Waals surface area contributed by atoms with Gasteiger partial charge in [0.25, 0.3) is 0 Å². The number of phosphoric acid groups is 2. The predicted molar refractivity (Wildman–Crippen MR) is 414 cm³/mol. The molecule has 101 heavy (non-hydrogen) atoms. The average Bonchev–Trinajstić information content (AvgIpc) is 1.01. The van der Waals surface area contributed by atoms with Crippen LogP contribution in [0.2, 0.25) is 0 Å². The van der Waals surface area contributed by atoms with E-state index in [1.807, 2.05) is 0 Å². The first-order chi connectivity index (χ1) is 48.7. The number of phosphoric ester groups is 2. The Bertz CT molecular complexity index is 1960. The van der Waals surface area contributed by atoms with Crippen molar-refractivity contribution >= 4 is 39.5 Å². The Balaban J connectivity index is 5.24. The summed E-state index contributed by atoms with van der Waals surface area (Å²) in [5.74, 6) is 0.207. The molecule has 0 saturated carbocycles. The molecule has 0 amide bonds. The van der Waals surface area contributed by atoms with Crippen LogP contribution in [0.5, 0.6) is 0 Å². The van der Waals surface area contributed by atoms with Crippen LogP contribution in [0.3, 0.4) is 0 Å². The number of ether oxygens (including phenoxy) is 4. The zero-order valence-corrected chi connectivity index (χ0v) is 68.2. The Kier molecular flexibility index (Phi) is 70.9. The van der Waals surface area contributed by atoms with E-state index in [9.17, 15) is 43.2 Å². The molecule has 19 heteroatoms. The third-order valence-electron chi connectivity index (χ3n) is 19.1. The number of carbonyl (C=O) groups is 4. The summed E-state index contributed by atoms with van der Waals surface area (Å²) >= 11 is 0. The molecule has 0 saturated heterocycles. The lowest BCUT2D eigenvalue weighted by molar-refractivity contribution is -0.161. The highest BCUT2D eigenvalue weighted by molar-refractivity contribution is 7.47. The SMILES string of the molecule is CCCCCCCCCCCCCCCCCC(=O)OC[C@H](COP(=O)(O)OC[C@@H](O)COP(=O)(O)OC[C@@H](COC(=O)CCCCCCCCCCCC(C)C)OC(=O)CCCCCCCCCCCCC(C)C)OC(=O)CCCCCCCCCCCCCCCCCCCCC(C)C. The fraction of sp³-hybridized carbons (Fsp3) is 0.951. The molecule has 2 unspecified atom stereocenters. The van der Waals surface area contributed by atoms with E-state index in [0.717, 1.165) is 108 Å². The van der Waals surface area contributed by atoms with Crippen LogP contribution in [-0.2, 0) is 65.4 Å². The Hall–Kier alpha value is -1.94. The highest BCUT2D eigenvalue weighted by atomic mass is 31.2. The van der Waals surface area contributed by atoms with Gasteiger partial charge in [0.1, 0.15) is 19.3 Å². The minimum atomic E-state index is -4.96. The topological polar surface area (TPSA) is 237 Å². The van der Waals surface area contributed by atoms with Crippen LogP contribution in [0, 0.1) is 17.8 Å². The number of unbranched alkanes of at least 4 members (excludes halogenated alkanes) is 48. The van der Waals surface area contributed by atoms with E-state index in [-0.39, 0.29) is 25.7 Å². The van der Waals surface area contributed by atoms with Gasteiger partial charge in [0.05, 0.1) is 26.4 Å². The molecule has 0 spiro atoms. The third kappa shape index (κ3) is 76.1. The van der Waals surface area contributed by atoms with E-state index in [2.05, 4.69) is 48.5 Å². The molecule has 0 rings (SSSR count). The molecule has 3 N–H and O–H groups in total. The van der Waals surface area contributed by atoms with Crippen molar-refractivity contribution < 1.29 is 80.2 Å². The number of hydrogen-bond acceptors (Lipinski definition) is 15. The van der Waals surface area contributed by atoms with Gasteiger partial charge in [-0.2, -0.15) is 0 Å². The minimum Gasteiger partial charge on any atom is -0.462 e. The number of rotatable bonds is 80. The fourth-order valence-corrected chi connectivity index (χ4v) is 14.2. The molecule has 0 aromatic heterocycles. The molecule has 0 aliphatic carbocycles. The fourth-order valence-electron chi connectivity index (χ4n) is 12.7. The van der Waals surface area contributed by atoms with E-state index in [4.69, 9.17) is 37.0 Å². The minimum absolute atomic E-state index is 0.106. The van der Waals surface area contributed by atoms with Crippen LogP contribution in [-0.4, -0.2) is 96.7 Å². The lowest BCUT2D eigenvalue weighted by atomic mass is 10.0. The van der Waals surface area contributed by atoms with Gasteiger partial charge in [-0.3, -0.25) is 37.3 Å². The Morgan fingerprint density at radius 1 is 0.267 bits per heavy atom. The van der Waals surface area contributed by atoms with Crippen molar-refractivity contribution in [2.75, 3.05) is 39.6 Å². The van der Waals surface area contributed by atoms with Crippen LogP contribution in [0.4, 0.5) is 0 Å². The highest BCUT2D eigenvalue weighted by Gasteiger charge is 2.30. The molecule has 0 aliphatic rings. The first-order valence-electron chi connectivity index (χ1n) is 42.3. The maximum atomic E-state index is 13.1. The summed E-state index contributed by atoms with van der Waals surface area (Å²) in [6.07, 6.45) is 61.1. The van der Waals surface area contributed by atoms with Gasteiger partial charge in [-0.05, 0) is 43.4 Å². The lowest BCUT2D eigenvalue weighted by Gasteiger charge is -2.21. The third-order valence-corrected chi connectivity index (χ3v) is 21.0. The largest absolute Gasteiger partial charge is 0.472 e. The second-order valence-electron chi connectivity index (χ2n) is 30.9. The van der Waals surface area contributed by atoms with Crippen LogP contribution in [0.1, 0.15) is 427 Å². The second kappa shape index (κ2) is 72.3. The Morgan fingerprint density at radius 3 is 0.673 bits per heavy atom. The summed E-state index contributed by atoms with van der Waals surface area (Å²) in [5.41, 5.74) is 0. The molecule has 0 aromatic rings. The van der Waals surface area contributed by atoms with Crippen LogP contribution >= 0.6 is 15.6 Å². The number of hydrogen-bond donors (Lipinski definition) is 3. The van der Waals surface area contributed by atoms with Gasteiger partial charge in [-0.25, -0.2) is 9.13 Å². The quantitative estimate of drug-likeness (QED) is 0.0222. The van der Waals surface area contributed by atoms with Crippen molar-refractivity contribution in [3.8, 4) is 0 Å². The molecule has 0 aromatic carbocycles. The van der Waals surface area contributed by atoms with Gasteiger partial charge in [-0.15, -0.1) is 0 Å². The van der Waals surface area contributed by atoms with E-state index in [1.165, 1.54) is 238 Å². The summed E-state index contributed by atoms with van der Waals surface area (Å²) < 4.78 is 68.8. The summed E-state index contributed by atoms with van der Waals surface area (Å²) in [6.45, 7) is 12.0. The van der Waals surface area contributed by atoms with Gasteiger partial charge in [0.2, 0.25) is 0 Å². The molecule has 0 bridgehead atoms. The normalized spacial score (nSPS) is 14.0. The standard InChI is InChI=1S/C82H160O17P2/c1-8-9-10-11-12-13-14-15-20-24-27-35-42-49-56-63-79(84)92-69-77(98-81(86)65-58-51-44-36-28-25-22-19-17-16-18-21-23-26-32-39-46-53-60-73(2)3)71-96-100(88,89)94-67-76(83)68-95-101(90,91)97-72-78(70-93-80(85)64-57-50-43-38-31-34-41-48-55-62-75(6)7)99-82(87)66-59-52-45-37-30-29-33-40-47-54-61-74(4)5/h73-78,83H,8-72H2,1-7H3,(H,88,89)(H,90,91)/t76-,77-,78-/m1/s1. The molecule has 0 radical (unpaired) electrons. The number of aliphatic hydroxyl groups is 1. The Labute approximate surface area is 619 Å². The van der Waals surface area contributed by atoms with E-state index in [0.29, 0.717) is 25.7 Å². The summed E-state index contributed by atoms with van der Waals surface area (Å²) in [5, 5.41) is 10.6. The molecule has 0 fully saturated rings. The zero-order valence-electron chi connectivity index (χ0n) is 66.4. The molecule has 17 nitrogen and oxygen atoms in total. The van der Waals surface area contributed by atoms with Gasteiger partial charge in [0.15, 0.2) is 12.2 Å². The molecule has 600 valence electrons. The van der Waals surface area contributed by atoms with Crippen molar-refractivity contribution in [3.05, 3.63) is 0 Å². The van der Waals surface area contributed by atoms with Gasteiger partial charge >= 0.3 is 39.5 Å². The van der Waals surface area contributed by atoms with E-state index < -0.39 is 97.5 Å². The molecular weight excluding hydrogens is 1320 g/mol. The van der Waals surface area contributed by atoms with E-state index in [1.54, 1.807) is 0 Å². The van der Waals surface area contributed by atoms with Gasteiger partial charge in [0, 0.05) is 25.7 Å². The molecule has 5 atom stereocenters. The molecule has 0 aliphatic heterocycles. The van der Waals surface area contributed by atoms with Gasteiger partial charge < -0.3 is 33.8 Å². The van der Waals surface area contributed by atoms with Crippen molar-refractivity contribution in [1.82, 2.24) is 0 Å². The van der Waals surface area contributed by atoms with Crippen molar-refractivity contribution in [2.45, 2.75) is 446 Å². The maximum absolute atomic E-state index is 13.1. The van der Waals surface area contributed by atoms with Gasteiger partial charge in [-0.1, -0.05) is 376 Å². The van der Waals surface area contributed by atoms with Crippen LogP contribution < -0.4 is 0 Å². The molecule has 0 heterocycles. The van der Waals surface area contributed by atoms with Crippen molar-refractivity contribution in [2.24, 2.45) is 17.8 Å². The summed E-state index contributed by atoms with van der Waals surface area (Å²) in [7, 11) is -9.92. The van der Waals surface area contributed by atoms with Crippen LogP contribution in [0.25, 0.3) is 0 Å². The second-order valence-corrected chi connectivity index (χ2v) is 33.8. The predicted octanol–water partition coefficient (Wildman–Crippen LogP) is 24.5. The van der Waals surface area contributed by atoms with Crippen molar-refractivity contribution in [3.63, 3.8) is 0 Å². The lowest BCUT2D eigenvalue weighted by Crippen LogP contribution is -2.30. The highest BCUT2D eigenvalue weighted by Crippen LogP contribution is 2.45. The van der Waals surface area contributed by atoms with Crippen LogP contribution in [0.15, 0.2) is 0 Å². The van der Waals surface area contributed by atoms with E-state index >= 15 is 0 Å². The molecular formula is C82H160O17P2. The average molecular weight is 1480 g/mol. The zero-order chi connectivity index (χ0) is 74.4. The first-order valence-corrected chi connectivity index (χ1v) is 45.3. The monoisotopic (exact) mass is 1480 g/mol. The summed E-state index contributed by atoms with van der Waals surface area (Å²) in [6, 6.07) is 0. The first kappa shape index (κ1) is 99.1.